The van der Waals surface area contributed by atoms with E-state index in [0.717, 1.165) is 37.1 Å². The van der Waals surface area contributed by atoms with Crippen LogP contribution in [0.25, 0.3) is 0 Å². The fourth-order valence-electron chi connectivity index (χ4n) is 2.17. The second-order valence-corrected chi connectivity index (χ2v) is 6.68. The number of rotatable bonds is 11. The van der Waals surface area contributed by atoms with E-state index in [1.807, 2.05) is 0 Å². The average molecular weight is 456 g/mol. The van der Waals surface area contributed by atoms with Gasteiger partial charge in [0.25, 0.3) is 5.69 Å². The Kier molecular flexibility index (Phi) is 10.1. The number of hydrogen-bond donors (Lipinski definition) is 2. The molecule has 0 aliphatic heterocycles. The number of carbonyl (C=O) groups is 4. The van der Waals surface area contributed by atoms with Gasteiger partial charge >= 0.3 is 23.9 Å². The Morgan fingerprint density at radius 2 is 1.87 bits per heavy atom. The van der Waals surface area contributed by atoms with Crippen LogP contribution in [0.2, 0.25) is 0 Å². The predicted octanol–water partition coefficient (Wildman–Crippen LogP) is 0.923. The maximum Gasteiger partial charge on any atom is 0.351 e. The molecule has 0 bridgehead atoms. The van der Waals surface area contributed by atoms with Crippen molar-refractivity contribution in [3.05, 3.63) is 45.0 Å². The fraction of sp³-hybridized carbons (Fsp3) is 0.333. The molecule has 0 aliphatic rings. The SMILES string of the molecule is CCOC(=O)/C(C(=O)Oc1cc(C(=O)OC)cc([N+](=O)[O-])c1)=C(/CSCCN)C(=O)O. The smallest absolute Gasteiger partial charge is 0.351 e. The molecule has 13 heteroatoms. The predicted molar refractivity (Wildman–Crippen MR) is 108 cm³/mol. The molecule has 0 aliphatic carbocycles. The zero-order valence-corrected chi connectivity index (χ0v) is 17.4. The van der Waals surface area contributed by atoms with Crippen molar-refractivity contribution in [1.29, 1.82) is 0 Å². The van der Waals surface area contributed by atoms with E-state index in [-0.39, 0.29) is 24.5 Å². The average Bonchev–Trinajstić information content (AvgIpc) is 2.72. The maximum absolute atomic E-state index is 12.7. The lowest BCUT2D eigenvalue weighted by Crippen LogP contribution is -2.26. The number of hydrogen-bond acceptors (Lipinski definition) is 11. The van der Waals surface area contributed by atoms with Crippen molar-refractivity contribution >= 4 is 41.3 Å². The van der Waals surface area contributed by atoms with Crippen LogP contribution in [0.4, 0.5) is 5.69 Å². The van der Waals surface area contributed by atoms with E-state index in [2.05, 4.69) is 4.74 Å². The minimum Gasteiger partial charge on any atom is -0.478 e. The quantitative estimate of drug-likeness (QED) is 0.0702. The Balaban J connectivity index is 3.44. The molecule has 0 heterocycles. The summed E-state index contributed by atoms with van der Waals surface area (Å²) in [6, 6.07) is 2.71. The van der Waals surface area contributed by atoms with Crippen molar-refractivity contribution in [2.75, 3.05) is 31.8 Å². The third-order valence-electron chi connectivity index (χ3n) is 3.49. The summed E-state index contributed by atoms with van der Waals surface area (Å²) in [5, 5.41) is 20.6. The molecule has 0 unspecified atom stereocenters. The van der Waals surface area contributed by atoms with E-state index in [4.69, 9.17) is 15.2 Å². The molecule has 168 valence electrons. The van der Waals surface area contributed by atoms with Crippen molar-refractivity contribution < 1.29 is 43.4 Å². The van der Waals surface area contributed by atoms with Gasteiger partial charge in [-0.2, -0.15) is 11.8 Å². The minimum absolute atomic E-state index is 0.151. The number of ether oxygens (including phenoxy) is 3. The summed E-state index contributed by atoms with van der Waals surface area (Å²) in [6.07, 6.45) is 0. The van der Waals surface area contributed by atoms with Gasteiger partial charge in [0.05, 0.1) is 35.8 Å². The first-order chi connectivity index (χ1) is 14.7. The molecule has 1 aromatic carbocycles. The van der Waals surface area contributed by atoms with Crippen molar-refractivity contribution in [3.8, 4) is 5.75 Å². The van der Waals surface area contributed by atoms with Gasteiger partial charge in [-0.05, 0) is 13.0 Å². The first-order valence-corrected chi connectivity index (χ1v) is 9.83. The number of methoxy groups -OCH3 is 1. The molecule has 0 saturated heterocycles. The second kappa shape index (κ2) is 12.3. The summed E-state index contributed by atoms with van der Waals surface area (Å²) in [6.45, 7) is 1.54. The lowest BCUT2D eigenvalue weighted by Gasteiger charge is -2.12. The number of aliphatic carboxylic acids is 1. The zero-order chi connectivity index (χ0) is 23.6. The van der Waals surface area contributed by atoms with Crippen molar-refractivity contribution in [2.45, 2.75) is 6.92 Å². The Hall–Kier alpha value is -3.45. The van der Waals surface area contributed by atoms with Gasteiger partial charge < -0.3 is 25.1 Å². The molecule has 3 N–H and O–H groups in total. The number of carboxylic acid groups (broad SMARTS) is 1. The molecule has 0 saturated carbocycles. The van der Waals surface area contributed by atoms with Gasteiger partial charge in [-0.25, -0.2) is 19.2 Å². The molecule has 1 rings (SSSR count). The fourth-order valence-corrected chi connectivity index (χ4v) is 2.96. The minimum atomic E-state index is -1.56. The molecule has 12 nitrogen and oxygen atoms in total. The van der Waals surface area contributed by atoms with E-state index >= 15 is 0 Å². The summed E-state index contributed by atoms with van der Waals surface area (Å²) in [4.78, 5) is 58.6. The van der Waals surface area contributed by atoms with E-state index in [9.17, 15) is 34.4 Å². The Labute approximate surface area is 180 Å². The van der Waals surface area contributed by atoms with Crippen LogP contribution in [-0.2, 0) is 23.9 Å². The highest BCUT2D eigenvalue weighted by Crippen LogP contribution is 2.25. The molecule has 0 aromatic heterocycles. The summed E-state index contributed by atoms with van der Waals surface area (Å²) in [5.41, 5.74) is 3.01. The second-order valence-electron chi connectivity index (χ2n) is 5.57. The third-order valence-corrected chi connectivity index (χ3v) is 4.50. The van der Waals surface area contributed by atoms with Gasteiger partial charge in [-0.3, -0.25) is 10.1 Å². The van der Waals surface area contributed by atoms with Crippen molar-refractivity contribution in [2.24, 2.45) is 5.73 Å². The molecule has 0 atom stereocenters. The maximum atomic E-state index is 12.7. The lowest BCUT2D eigenvalue weighted by molar-refractivity contribution is -0.384. The Morgan fingerprint density at radius 3 is 2.39 bits per heavy atom. The topological polar surface area (TPSA) is 185 Å². The number of carboxylic acids is 1. The monoisotopic (exact) mass is 456 g/mol. The van der Waals surface area contributed by atoms with Crippen molar-refractivity contribution in [3.63, 3.8) is 0 Å². The number of carbonyl (C=O) groups excluding carboxylic acids is 3. The molecule has 0 spiro atoms. The molecule has 1 aromatic rings. The molecule has 0 radical (unpaired) electrons. The first-order valence-electron chi connectivity index (χ1n) is 8.67. The van der Waals surface area contributed by atoms with Crippen LogP contribution in [-0.4, -0.2) is 65.7 Å². The van der Waals surface area contributed by atoms with Gasteiger partial charge in [0.1, 0.15) is 5.75 Å². The summed E-state index contributed by atoms with van der Waals surface area (Å²) >= 11 is 1.06. The van der Waals surface area contributed by atoms with Gasteiger partial charge in [-0.15, -0.1) is 0 Å². The molecular formula is C18H20N2O10S. The van der Waals surface area contributed by atoms with Crippen LogP contribution in [0.3, 0.4) is 0 Å². The standard InChI is InChI=1S/C18H20N2O10S/c1-3-29-17(24)14(13(15(21)22)9-31-5-4-19)18(25)30-12-7-10(16(23)28-2)6-11(8-12)20(26)27/h6-8H,3-5,9,19H2,1-2H3,(H,21,22)/b14-13+. The van der Waals surface area contributed by atoms with Gasteiger partial charge in [0.2, 0.25) is 0 Å². The number of thioether (sulfide) groups is 1. The lowest BCUT2D eigenvalue weighted by atomic mass is 10.1. The van der Waals surface area contributed by atoms with Crippen LogP contribution in [0.5, 0.6) is 5.75 Å². The number of nitro benzene ring substituents is 1. The molecule has 0 amide bonds. The number of nitro groups is 1. The van der Waals surface area contributed by atoms with Crippen LogP contribution in [0.15, 0.2) is 29.3 Å². The van der Waals surface area contributed by atoms with Gasteiger partial charge in [-0.1, -0.05) is 0 Å². The Bertz CT molecular complexity index is 913. The highest BCUT2D eigenvalue weighted by atomic mass is 32.2. The normalized spacial score (nSPS) is 11.2. The first kappa shape index (κ1) is 25.6. The highest BCUT2D eigenvalue weighted by Gasteiger charge is 2.30. The van der Waals surface area contributed by atoms with E-state index < -0.39 is 51.4 Å². The van der Waals surface area contributed by atoms with Crippen LogP contribution >= 0.6 is 11.8 Å². The van der Waals surface area contributed by atoms with Crippen LogP contribution in [0, 0.1) is 10.1 Å². The summed E-state index contributed by atoms with van der Waals surface area (Å²) < 4.78 is 14.3. The van der Waals surface area contributed by atoms with Gasteiger partial charge in [0, 0.05) is 24.1 Å². The number of non-ortho nitro benzene ring substituents is 1. The summed E-state index contributed by atoms with van der Waals surface area (Å²) in [7, 11) is 1.05. The van der Waals surface area contributed by atoms with E-state index in [1.165, 1.54) is 6.92 Å². The third kappa shape index (κ3) is 7.38. The van der Waals surface area contributed by atoms with Crippen molar-refractivity contribution in [1.82, 2.24) is 0 Å². The number of nitrogens with zero attached hydrogens (tertiary/aromatic N) is 1. The summed E-state index contributed by atoms with van der Waals surface area (Å²) in [5.74, 6) is -5.52. The number of benzene rings is 1. The molecular weight excluding hydrogens is 436 g/mol. The van der Waals surface area contributed by atoms with Crippen LogP contribution in [0.1, 0.15) is 17.3 Å². The Morgan fingerprint density at radius 1 is 1.19 bits per heavy atom. The van der Waals surface area contributed by atoms with Gasteiger partial charge in [0.15, 0.2) is 5.57 Å². The van der Waals surface area contributed by atoms with E-state index in [0.29, 0.717) is 5.75 Å². The molecule has 31 heavy (non-hydrogen) atoms. The van der Waals surface area contributed by atoms with Crippen LogP contribution < -0.4 is 10.5 Å². The molecule has 0 fully saturated rings. The largest absolute Gasteiger partial charge is 0.478 e. The number of esters is 3. The zero-order valence-electron chi connectivity index (χ0n) is 16.6. The number of nitrogens with two attached hydrogens (primary N) is 1. The van der Waals surface area contributed by atoms with E-state index in [1.54, 1.807) is 0 Å². The highest BCUT2D eigenvalue weighted by molar-refractivity contribution is 7.99.